The number of benzene rings is 1. The second-order valence-corrected chi connectivity index (χ2v) is 5.21. The molecule has 2 aliphatic rings. The summed E-state index contributed by atoms with van der Waals surface area (Å²) in [6.45, 7) is 2.16. The van der Waals surface area contributed by atoms with Crippen LogP contribution in [0.3, 0.4) is 0 Å². The molecule has 5 nitrogen and oxygen atoms in total. The largest absolute Gasteiger partial charge is 0.355 e. The molecule has 0 saturated carbocycles. The Hall–Kier alpha value is -2.16. The lowest BCUT2D eigenvalue weighted by Gasteiger charge is -2.30. The van der Waals surface area contributed by atoms with Gasteiger partial charge in [0.15, 0.2) is 0 Å². The van der Waals surface area contributed by atoms with Gasteiger partial charge in [0.1, 0.15) is 12.2 Å². The van der Waals surface area contributed by atoms with Gasteiger partial charge in [-0.25, -0.2) is 4.90 Å². The van der Waals surface area contributed by atoms with Crippen LogP contribution in [-0.4, -0.2) is 30.6 Å². The van der Waals surface area contributed by atoms with Crippen LogP contribution in [0.5, 0.6) is 0 Å². The van der Waals surface area contributed by atoms with Gasteiger partial charge in [-0.1, -0.05) is 11.8 Å². The Morgan fingerprint density at radius 3 is 2.52 bits per heavy atom. The quantitative estimate of drug-likeness (QED) is 0.609. The number of aryl methyl sites for hydroxylation is 1. The smallest absolute Gasteiger partial charge is 0.262 e. The van der Waals surface area contributed by atoms with E-state index in [1.165, 1.54) is 4.90 Å². The Balaban J connectivity index is 1.96. The van der Waals surface area contributed by atoms with Gasteiger partial charge < -0.3 is 10.5 Å². The van der Waals surface area contributed by atoms with Crippen LogP contribution < -0.4 is 10.6 Å². The topological polar surface area (TPSA) is 72.6 Å². The SMILES string of the molecule is Cc1cc(C#CCN)ccc1N1C(=O)C2CCC(O2)C1=O. The van der Waals surface area contributed by atoms with Crippen molar-refractivity contribution in [1.29, 1.82) is 0 Å². The first-order chi connectivity index (χ1) is 10.1. The van der Waals surface area contributed by atoms with E-state index in [1.807, 2.05) is 13.0 Å². The minimum atomic E-state index is -0.483. The van der Waals surface area contributed by atoms with Crippen LogP contribution in [0.25, 0.3) is 0 Å². The number of anilines is 1. The Kier molecular flexibility index (Phi) is 3.50. The molecule has 1 aromatic rings. The van der Waals surface area contributed by atoms with E-state index in [-0.39, 0.29) is 11.8 Å². The Bertz CT molecular complexity index is 650. The van der Waals surface area contributed by atoms with Crippen LogP contribution in [0.1, 0.15) is 24.0 Å². The van der Waals surface area contributed by atoms with Crippen molar-refractivity contribution in [3.63, 3.8) is 0 Å². The van der Waals surface area contributed by atoms with E-state index in [4.69, 9.17) is 10.5 Å². The van der Waals surface area contributed by atoms with Gasteiger partial charge in [-0.15, -0.1) is 0 Å². The zero-order valence-electron chi connectivity index (χ0n) is 11.8. The van der Waals surface area contributed by atoms with E-state index in [9.17, 15) is 9.59 Å². The van der Waals surface area contributed by atoms with Crippen LogP contribution in [0, 0.1) is 18.8 Å². The van der Waals surface area contributed by atoms with Crippen molar-refractivity contribution in [3.05, 3.63) is 29.3 Å². The fourth-order valence-electron chi connectivity index (χ4n) is 2.77. The number of hydrogen-bond acceptors (Lipinski definition) is 4. The summed E-state index contributed by atoms with van der Waals surface area (Å²) in [5, 5.41) is 0. The van der Waals surface area contributed by atoms with Gasteiger partial charge in [0.05, 0.1) is 12.2 Å². The summed E-state index contributed by atoms with van der Waals surface area (Å²) in [7, 11) is 0. The van der Waals surface area contributed by atoms with Gasteiger partial charge in [0.25, 0.3) is 11.8 Å². The average Bonchev–Trinajstić information content (AvgIpc) is 2.92. The number of ether oxygens (including phenoxy) is 1. The van der Waals surface area contributed by atoms with Crippen molar-refractivity contribution in [2.24, 2.45) is 5.73 Å². The molecule has 2 atom stereocenters. The molecule has 2 fully saturated rings. The number of nitrogens with zero attached hydrogens (tertiary/aromatic N) is 1. The standard InChI is InChI=1S/C16H16N2O3/c1-10-9-11(3-2-8-17)4-5-12(10)18-15(19)13-6-7-14(21-13)16(18)20/h4-5,9,13-14H,6-8,17H2,1H3. The number of carbonyl (C=O) groups is 2. The lowest BCUT2D eigenvalue weighted by Crippen LogP contribution is -2.52. The summed E-state index contributed by atoms with van der Waals surface area (Å²) >= 11 is 0. The zero-order valence-corrected chi connectivity index (χ0v) is 11.8. The third-order valence-electron chi connectivity index (χ3n) is 3.78. The molecule has 2 saturated heterocycles. The second-order valence-electron chi connectivity index (χ2n) is 5.21. The molecule has 0 radical (unpaired) electrons. The Morgan fingerprint density at radius 1 is 1.29 bits per heavy atom. The molecule has 2 aliphatic heterocycles. The van der Waals surface area contributed by atoms with Crippen molar-refractivity contribution in [1.82, 2.24) is 0 Å². The summed E-state index contributed by atoms with van der Waals surface area (Å²) in [6.07, 6.45) is 0.267. The number of rotatable bonds is 1. The van der Waals surface area contributed by atoms with E-state index >= 15 is 0 Å². The van der Waals surface area contributed by atoms with E-state index in [0.29, 0.717) is 25.1 Å². The Morgan fingerprint density at radius 2 is 1.95 bits per heavy atom. The van der Waals surface area contributed by atoms with Crippen molar-refractivity contribution in [2.75, 3.05) is 11.4 Å². The molecule has 2 N–H and O–H groups in total. The predicted octanol–water partition coefficient (Wildman–Crippen LogP) is 0.726. The third kappa shape index (κ3) is 2.33. The highest BCUT2D eigenvalue weighted by molar-refractivity contribution is 6.20. The van der Waals surface area contributed by atoms with Gasteiger partial charge in [-0.05, 0) is 43.5 Å². The number of fused-ring (bicyclic) bond motifs is 2. The average molecular weight is 284 g/mol. The van der Waals surface area contributed by atoms with Crippen molar-refractivity contribution < 1.29 is 14.3 Å². The first-order valence-electron chi connectivity index (χ1n) is 6.94. The van der Waals surface area contributed by atoms with E-state index in [1.54, 1.807) is 12.1 Å². The van der Waals surface area contributed by atoms with E-state index in [2.05, 4.69) is 11.8 Å². The second kappa shape index (κ2) is 5.32. The van der Waals surface area contributed by atoms with Gasteiger partial charge in [-0.3, -0.25) is 9.59 Å². The fraction of sp³-hybridized carbons (Fsp3) is 0.375. The molecule has 1 aromatic carbocycles. The molecule has 3 rings (SSSR count). The van der Waals surface area contributed by atoms with Crippen molar-refractivity contribution in [2.45, 2.75) is 32.0 Å². The molecular weight excluding hydrogens is 268 g/mol. The normalized spacial score (nSPS) is 24.0. The lowest BCUT2D eigenvalue weighted by atomic mass is 10.1. The van der Waals surface area contributed by atoms with E-state index in [0.717, 1.165) is 11.1 Å². The highest BCUT2D eigenvalue weighted by atomic mass is 16.5. The molecule has 2 amide bonds. The maximum atomic E-state index is 12.3. The number of hydrogen-bond donors (Lipinski definition) is 1. The molecule has 21 heavy (non-hydrogen) atoms. The van der Waals surface area contributed by atoms with Crippen LogP contribution in [0.2, 0.25) is 0 Å². The molecule has 0 aromatic heterocycles. The number of amides is 2. The highest BCUT2D eigenvalue weighted by Crippen LogP contribution is 2.33. The van der Waals surface area contributed by atoms with E-state index < -0.39 is 12.2 Å². The number of carbonyl (C=O) groups excluding carboxylic acids is 2. The van der Waals surface area contributed by atoms with Crippen LogP contribution in [0.4, 0.5) is 5.69 Å². The van der Waals surface area contributed by atoms with Crippen LogP contribution >= 0.6 is 0 Å². The minimum absolute atomic E-state index is 0.266. The molecule has 2 bridgehead atoms. The number of imide groups is 1. The summed E-state index contributed by atoms with van der Waals surface area (Å²) in [5.41, 5.74) is 7.62. The molecule has 2 unspecified atom stereocenters. The van der Waals surface area contributed by atoms with Crippen LogP contribution in [-0.2, 0) is 14.3 Å². The molecule has 108 valence electrons. The first kappa shape index (κ1) is 13.8. The minimum Gasteiger partial charge on any atom is -0.355 e. The summed E-state index contributed by atoms with van der Waals surface area (Å²) in [6, 6.07) is 5.41. The van der Waals surface area contributed by atoms with Crippen molar-refractivity contribution in [3.8, 4) is 11.8 Å². The summed E-state index contributed by atoms with van der Waals surface area (Å²) < 4.78 is 5.41. The van der Waals surface area contributed by atoms with Gasteiger partial charge in [0.2, 0.25) is 0 Å². The van der Waals surface area contributed by atoms with Crippen molar-refractivity contribution >= 4 is 17.5 Å². The van der Waals surface area contributed by atoms with Gasteiger partial charge in [0, 0.05) is 5.56 Å². The maximum Gasteiger partial charge on any atom is 0.262 e. The monoisotopic (exact) mass is 284 g/mol. The lowest BCUT2D eigenvalue weighted by molar-refractivity contribution is -0.146. The van der Waals surface area contributed by atoms with Gasteiger partial charge in [-0.2, -0.15) is 0 Å². The zero-order chi connectivity index (χ0) is 15.0. The fourth-order valence-corrected chi connectivity index (χ4v) is 2.77. The third-order valence-corrected chi connectivity index (χ3v) is 3.78. The molecular formula is C16H16N2O3. The summed E-state index contributed by atoms with van der Waals surface area (Å²) in [5.74, 6) is 5.19. The molecule has 0 spiro atoms. The molecule has 5 heteroatoms. The summed E-state index contributed by atoms with van der Waals surface area (Å²) in [4.78, 5) is 25.9. The predicted molar refractivity (Wildman–Crippen MR) is 77.5 cm³/mol. The van der Waals surface area contributed by atoms with Crippen LogP contribution in [0.15, 0.2) is 18.2 Å². The highest BCUT2D eigenvalue weighted by Gasteiger charge is 2.47. The Labute approximate surface area is 123 Å². The first-order valence-corrected chi connectivity index (χ1v) is 6.94. The molecule has 0 aliphatic carbocycles. The molecule has 2 heterocycles. The number of morpholine rings is 1. The number of nitrogens with two attached hydrogens (primary N) is 1. The van der Waals surface area contributed by atoms with Gasteiger partial charge >= 0.3 is 0 Å². The maximum absolute atomic E-state index is 12.3.